The van der Waals surface area contributed by atoms with Crippen LogP contribution >= 0.6 is 22.6 Å². The molecule has 0 bridgehead atoms. The van der Waals surface area contributed by atoms with E-state index >= 15 is 0 Å². The van der Waals surface area contributed by atoms with Crippen LogP contribution in [0, 0.1) is 0 Å². The van der Waals surface area contributed by atoms with Crippen molar-refractivity contribution in [2.45, 2.75) is 26.2 Å². The van der Waals surface area contributed by atoms with Gasteiger partial charge >= 0.3 is 0 Å². The number of fused-ring (bicyclic) bond motifs is 1. The molecule has 0 amide bonds. The number of allylic oxidation sites excluding steroid dienone is 2. The van der Waals surface area contributed by atoms with E-state index in [0.29, 0.717) is 5.92 Å². The van der Waals surface area contributed by atoms with Gasteiger partial charge in [0.25, 0.3) is 0 Å². The smallest absolute Gasteiger partial charge is 0.0704 e. The van der Waals surface area contributed by atoms with Crippen LogP contribution in [0.5, 0.6) is 0 Å². The number of hydrogen-bond acceptors (Lipinski definition) is 1. The molecule has 2 aromatic rings. The molecule has 17 heavy (non-hydrogen) atoms. The Morgan fingerprint density at radius 3 is 3.00 bits per heavy atom. The molecule has 1 aromatic heterocycles. The fraction of sp³-hybridized carbons (Fsp3) is 0.267. The molecule has 1 heterocycles. The van der Waals surface area contributed by atoms with Crippen molar-refractivity contribution in [2.24, 2.45) is 0 Å². The lowest BCUT2D eigenvalue weighted by atomic mass is 9.96. The fourth-order valence-corrected chi connectivity index (χ4v) is 2.12. The molecular weight excluding hydrogens is 321 g/mol. The van der Waals surface area contributed by atoms with E-state index in [1.54, 1.807) is 0 Å². The molecule has 0 radical (unpaired) electrons. The molecule has 2 heteroatoms. The highest BCUT2D eigenvalue weighted by Crippen LogP contribution is 2.24. The van der Waals surface area contributed by atoms with E-state index in [4.69, 9.17) is 0 Å². The summed E-state index contributed by atoms with van der Waals surface area (Å²) in [5.74, 6) is 0.547. The van der Waals surface area contributed by atoms with Crippen molar-refractivity contribution in [2.75, 3.05) is 0 Å². The van der Waals surface area contributed by atoms with Gasteiger partial charge in [0.05, 0.1) is 5.52 Å². The second-order valence-electron chi connectivity index (χ2n) is 4.38. The van der Waals surface area contributed by atoms with Gasteiger partial charge in [-0.2, -0.15) is 0 Å². The summed E-state index contributed by atoms with van der Waals surface area (Å²) < 4.78 is 1.35. The molecule has 2 rings (SSSR count). The van der Waals surface area contributed by atoms with Crippen LogP contribution in [-0.2, 0) is 0 Å². The minimum atomic E-state index is 0.547. The van der Waals surface area contributed by atoms with Crippen LogP contribution in [-0.4, -0.2) is 4.98 Å². The van der Waals surface area contributed by atoms with Gasteiger partial charge in [-0.15, -0.1) is 0 Å². The molecule has 0 aliphatic heterocycles. The Balaban J connectivity index is 2.26. The summed E-state index contributed by atoms with van der Waals surface area (Å²) in [6, 6.07) is 10.7. The van der Waals surface area contributed by atoms with Crippen molar-refractivity contribution in [3.63, 3.8) is 0 Å². The van der Waals surface area contributed by atoms with Gasteiger partial charge in [-0.3, -0.25) is 4.98 Å². The lowest BCUT2D eigenvalue weighted by molar-refractivity contribution is 0.781. The van der Waals surface area contributed by atoms with Crippen LogP contribution in [0.15, 0.2) is 46.2 Å². The van der Waals surface area contributed by atoms with Crippen molar-refractivity contribution < 1.29 is 0 Å². The maximum Gasteiger partial charge on any atom is 0.0704 e. The molecule has 88 valence electrons. The summed E-state index contributed by atoms with van der Waals surface area (Å²) in [5, 5.41) is 1.21. The van der Waals surface area contributed by atoms with E-state index in [1.165, 1.54) is 14.5 Å². The molecule has 1 atom stereocenters. The zero-order valence-corrected chi connectivity index (χ0v) is 12.3. The topological polar surface area (TPSA) is 12.9 Å². The summed E-state index contributed by atoms with van der Waals surface area (Å²) >= 11 is 2.36. The molecule has 0 saturated carbocycles. The van der Waals surface area contributed by atoms with Crippen molar-refractivity contribution in [3.8, 4) is 0 Å². The van der Waals surface area contributed by atoms with Crippen LogP contribution in [0.3, 0.4) is 0 Å². The van der Waals surface area contributed by atoms with Crippen LogP contribution in [0.4, 0.5) is 0 Å². The third-order valence-electron chi connectivity index (χ3n) is 2.95. The number of rotatable bonds is 3. The number of hydrogen-bond donors (Lipinski definition) is 0. The van der Waals surface area contributed by atoms with Crippen molar-refractivity contribution in [1.82, 2.24) is 4.98 Å². The number of nitrogens with zero attached hydrogens (tertiary/aromatic N) is 1. The van der Waals surface area contributed by atoms with Crippen molar-refractivity contribution in [1.29, 1.82) is 0 Å². The summed E-state index contributed by atoms with van der Waals surface area (Å²) in [4.78, 5) is 4.40. The van der Waals surface area contributed by atoms with E-state index in [-0.39, 0.29) is 0 Å². The number of halogens is 1. The number of benzene rings is 1. The third kappa shape index (κ3) is 3.28. The van der Waals surface area contributed by atoms with Crippen molar-refractivity contribution >= 4 is 33.5 Å². The first-order valence-electron chi connectivity index (χ1n) is 5.84. The predicted molar refractivity (Wildman–Crippen MR) is 82.6 cm³/mol. The normalized spacial score (nSPS) is 13.9. The van der Waals surface area contributed by atoms with Crippen molar-refractivity contribution in [3.05, 3.63) is 51.7 Å². The molecule has 0 aliphatic carbocycles. The molecule has 0 spiro atoms. The molecule has 0 aliphatic rings. The van der Waals surface area contributed by atoms with E-state index in [0.717, 1.165) is 11.9 Å². The molecule has 1 aromatic carbocycles. The lowest BCUT2D eigenvalue weighted by Gasteiger charge is -2.10. The standard InChI is InChI=1S/C15H16IN/c1-11(5-6-12(2)16)14-8-7-13-4-3-9-17-15(13)10-14/h3-4,6-11H,5H2,1-2H3/b12-6-/t11-/m1/s1. The molecular formula is C15H16IN. The van der Waals surface area contributed by atoms with Crippen LogP contribution < -0.4 is 0 Å². The Morgan fingerprint density at radius 2 is 2.24 bits per heavy atom. The SMILES string of the molecule is C/C(I)=C/C[C@@H](C)c1ccc2cccnc2c1. The average molecular weight is 337 g/mol. The first-order valence-corrected chi connectivity index (χ1v) is 6.91. The first-order chi connectivity index (χ1) is 8.16. The summed E-state index contributed by atoms with van der Waals surface area (Å²) in [6.45, 7) is 4.40. The Bertz CT molecular complexity index is 541. The fourth-order valence-electron chi connectivity index (χ4n) is 1.87. The second kappa shape index (κ2) is 5.63. The molecule has 0 saturated heterocycles. The Morgan fingerprint density at radius 1 is 1.41 bits per heavy atom. The number of pyridine rings is 1. The van der Waals surface area contributed by atoms with Gasteiger partial charge in [0.15, 0.2) is 0 Å². The number of aromatic nitrogens is 1. The van der Waals surface area contributed by atoms with E-state index in [1.807, 2.05) is 12.3 Å². The predicted octanol–water partition coefficient (Wildman–Crippen LogP) is 5.07. The largest absolute Gasteiger partial charge is 0.256 e. The summed E-state index contributed by atoms with van der Waals surface area (Å²) in [7, 11) is 0. The Kier molecular flexibility index (Phi) is 4.15. The molecule has 0 fully saturated rings. The minimum absolute atomic E-state index is 0.547. The monoisotopic (exact) mass is 337 g/mol. The van der Waals surface area contributed by atoms with E-state index in [2.05, 4.69) is 71.8 Å². The van der Waals surface area contributed by atoms with Gasteiger partial charge in [0.1, 0.15) is 0 Å². The molecule has 1 nitrogen and oxygen atoms in total. The Labute approximate surface area is 116 Å². The first kappa shape index (κ1) is 12.6. The average Bonchev–Trinajstić information content (AvgIpc) is 2.35. The van der Waals surface area contributed by atoms with Crippen LogP contribution in [0.1, 0.15) is 31.7 Å². The summed E-state index contributed by atoms with van der Waals surface area (Å²) in [6.07, 6.45) is 5.23. The highest BCUT2D eigenvalue weighted by atomic mass is 127. The molecule has 0 unspecified atom stereocenters. The van der Waals surface area contributed by atoms with Gasteiger partial charge in [0, 0.05) is 11.6 Å². The Hall–Kier alpha value is -0.900. The van der Waals surface area contributed by atoms with E-state index in [9.17, 15) is 0 Å². The van der Waals surface area contributed by atoms with Crippen LogP contribution in [0.25, 0.3) is 10.9 Å². The highest BCUT2D eigenvalue weighted by Gasteiger charge is 2.05. The maximum absolute atomic E-state index is 4.40. The lowest BCUT2D eigenvalue weighted by Crippen LogP contribution is -1.92. The van der Waals surface area contributed by atoms with Gasteiger partial charge in [-0.25, -0.2) is 0 Å². The third-order valence-corrected chi connectivity index (χ3v) is 3.39. The summed E-state index contributed by atoms with van der Waals surface area (Å²) in [5.41, 5.74) is 2.46. The van der Waals surface area contributed by atoms with Gasteiger partial charge < -0.3 is 0 Å². The van der Waals surface area contributed by atoms with Gasteiger partial charge in [-0.1, -0.05) is 31.2 Å². The molecule has 0 N–H and O–H groups in total. The zero-order chi connectivity index (χ0) is 12.3. The maximum atomic E-state index is 4.40. The minimum Gasteiger partial charge on any atom is -0.256 e. The highest BCUT2D eigenvalue weighted by molar-refractivity contribution is 14.1. The zero-order valence-electron chi connectivity index (χ0n) is 10.2. The van der Waals surface area contributed by atoms with Gasteiger partial charge in [-0.05, 0) is 63.1 Å². The van der Waals surface area contributed by atoms with Crippen LogP contribution in [0.2, 0.25) is 0 Å². The second-order valence-corrected chi connectivity index (χ2v) is 6.08. The quantitative estimate of drug-likeness (QED) is 0.713. The van der Waals surface area contributed by atoms with Gasteiger partial charge in [0.2, 0.25) is 0 Å². The van der Waals surface area contributed by atoms with E-state index < -0.39 is 0 Å².